The fourth-order valence-corrected chi connectivity index (χ4v) is 2.69. The number of nitrogens with one attached hydrogen (secondary N) is 1. The molecule has 0 radical (unpaired) electrons. The van der Waals surface area contributed by atoms with E-state index in [1.165, 1.54) is 6.20 Å². The molecule has 0 aliphatic heterocycles. The molecule has 0 spiro atoms. The number of benzene rings is 1. The highest BCUT2D eigenvalue weighted by Gasteiger charge is 2.32. The molecular formula is C14H4Cl2F3N7. The summed E-state index contributed by atoms with van der Waals surface area (Å²) in [5, 5.41) is 25.1. The zero-order valence-electron chi connectivity index (χ0n) is 12.3. The molecule has 0 fully saturated rings. The lowest BCUT2D eigenvalue weighted by Crippen LogP contribution is -2.07. The lowest BCUT2D eigenvalue weighted by molar-refractivity contribution is -0.137. The number of nitrogens with zero attached hydrogens (tertiary/aromatic N) is 6. The van der Waals surface area contributed by atoms with Crippen LogP contribution in [0, 0.1) is 22.7 Å². The molecule has 130 valence electrons. The Labute approximate surface area is 153 Å². The van der Waals surface area contributed by atoms with E-state index in [9.17, 15) is 13.2 Å². The molecule has 0 unspecified atom stereocenters. The van der Waals surface area contributed by atoms with Crippen molar-refractivity contribution in [3.8, 4) is 29.3 Å². The highest BCUT2D eigenvalue weighted by Crippen LogP contribution is 2.37. The monoisotopic (exact) mass is 397 g/mol. The molecular weight excluding hydrogens is 394 g/mol. The molecule has 0 aliphatic rings. The van der Waals surface area contributed by atoms with Gasteiger partial charge < -0.3 is 4.98 Å². The first-order valence-corrected chi connectivity index (χ1v) is 7.39. The molecule has 3 rings (SSSR count). The minimum atomic E-state index is -4.61. The molecule has 2 heterocycles. The summed E-state index contributed by atoms with van der Waals surface area (Å²) in [5.74, 6) is 0.0866. The Hall–Kier alpha value is -3.08. The third-order valence-corrected chi connectivity index (χ3v) is 3.78. The number of aromatic nitrogens is 5. The molecule has 0 aliphatic carbocycles. The van der Waals surface area contributed by atoms with Gasteiger partial charge in [0.15, 0.2) is 17.2 Å². The zero-order chi connectivity index (χ0) is 19.1. The second-order valence-corrected chi connectivity index (χ2v) is 5.65. The van der Waals surface area contributed by atoms with Crippen molar-refractivity contribution >= 4 is 23.2 Å². The summed E-state index contributed by atoms with van der Waals surface area (Å²) in [6, 6.07) is 4.93. The van der Waals surface area contributed by atoms with Crippen LogP contribution in [0.1, 0.15) is 17.0 Å². The molecule has 1 N–H and O–H groups in total. The summed E-state index contributed by atoms with van der Waals surface area (Å²) >= 11 is 11.8. The number of hydrogen-bond donors (Lipinski definition) is 1. The van der Waals surface area contributed by atoms with Gasteiger partial charge >= 0.3 is 6.18 Å². The van der Waals surface area contributed by atoms with Gasteiger partial charge in [-0.2, -0.15) is 28.8 Å². The van der Waals surface area contributed by atoms with Crippen LogP contribution in [-0.2, 0) is 6.18 Å². The van der Waals surface area contributed by atoms with E-state index in [-0.39, 0.29) is 38.6 Å². The summed E-state index contributed by atoms with van der Waals surface area (Å²) < 4.78 is 38.4. The van der Waals surface area contributed by atoms with E-state index in [2.05, 4.69) is 20.2 Å². The van der Waals surface area contributed by atoms with E-state index in [1.54, 1.807) is 12.1 Å². The predicted molar refractivity (Wildman–Crippen MR) is 83.4 cm³/mol. The number of alkyl halides is 3. The van der Waals surface area contributed by atoms with Crippen LogP contribution in [0.3, 0.4) is 0 Å². The van der Waals surface area contributed by atoms with Crippen molar-refractivity contribution in [2.75, 3.05) is 0 Å². The van der Waals surface area contributed by atoms with Crippen LogP contribution in [0.25, 0.3) is 17.2 Å². The van der Waals surface area contributed by atoms with E-state index in [1.807, 2.05) is 0 Å². The van der Waals surface area contributed by atoms with Gasteiger partial charge in [-0.15, -0.1) is 9.90 Å². The Morgan fingerprint density at radius 2 is 1.77 bits per heavy atom. The van der Waals surface area contributed by atoms with Gasteiger partial charge in [-0.25, -0.2) is 4.98 Å². The van der Waals surface area contributed by atoms with Gasteiger partial charge in [0, 0.05) is 0 Å². The highest BCUT2D eigenvalue weighted by atomic mass is 35.5. The van der Waals surface area contributed by atoms with Gasteiger partial charge in [0.1, 0.15) is 23.5 Å². The van der Waals surface area contributed by atoms with Crippen LogP contribution >= 0.6 is 23.2 Å². The van der Waals surface area contributed by atoms with Crippen LogP contribution < -0.4 is 0 Å². The summed E-state index contributed by atoms with van der Waals surface area (Å²) in [7, 11) is 0. The largest absolute Gasteiger partial charge is 0.416 e. The van der Waals surface area contributed by atoms with Crippen molar-refractivity contribution < 1.29 is 13.2 Å². The lowest BCUT2D eigenvalue weighted by atomic mass is 10.2. The first-order valence-electron chi connectivity index (χ1n) is 6.64. The quantitative estimate of drug-likeness (QED) is 0.708. The van der Waals surface area contributed by atoms with Crippen molar-refractivity contribution in [2.45, 2.75) is 6.18 Å². The Bertz CT molecular complexity index is 1030. The summed E-state index contributed by atoms with van der Waals surface area (Å²) in [4.78, 5) is 7.43. The van der Waals surface area contributed by atoms with Crippen molar-refractivity contribution in [1.82, 2.24) is 25.0 Å². The standard InChI is InChI=1S/C14H4Cl2F3N7/c15-7-1-6(14(17,18)19)2-8(16)12(7)26-22-5-11(25-26)13-23-9(3-20)10(4-21)24-13/h1-2,5H,(H,23,24). The third kappa shape index (κ3) is 3.08. The smallest absolute Gasteiger partial charge is 0.327 e. The molecule has 0 bridgehead atoms. The fourth-order valence-electron chi connectivity index (χ4n) is 2.06. The number of aromatic amines is 1. The second kappa shape index (κ2) is 6.33. The number of rotatable bonds is 2. The topological polar surface area (TPSA) is 107 Å². The first kappa shape index (κ1) is 17.7. The van der Waals surface area contributed by atoms with Crippen molar-refractivity contribution in [2.24, 2.45) is 0 Å². The Morgan fingerprint density at radius 3 is 2.27 bits per heavy atom. The van der Waals surface area contributed by atoms with Crippen LogP contribution in [0.5, 0.6) is 0 Å². The molecule has 0 amide bonds. The number of H-pyrrole nitrogens is 1. The van der Waals surface area contributed by atoms with Crippen molar-refractivity contribution in [1.29, 1.82) is 10.5 Å². The number of halogens is 5. The predicted octanol–water partition coefficient (Wildman–Crippen LogP) is 3.73. The molecule has 12 heteroatoms. The molecule has 2 aromatic heterocycles. The molecule has 3 aromatic rings. The Kier molecular flexibility index (Phi) is 4.32. The van der Waals surface area contributed by atoms with E-state index in [0.29, 0.717) is 12.1 Å². The van der Waals surface area contributed by atoms with Gasteiger partial charge in [0.25, 0.3) is 0 Å². The number of nitriles is 2. The van der Waals surface area contributed by atoms with Gasteiger partial charge in [-0.05, 0) is 12.1 Å². The van der Waals surface area contributed by atoms with Gasteiger partial charge in [-0.1, -0.05) is 23.2 Å². The molecule has 0 saturated carbocycles. The van der Waals surface area contributed by atoms with Gasteiger partial charge in [-0.3, -0.25) is 0 Å². The maximum Gasteiger partial charge on any atom is 0.416 e. The van der Waals surface area contributed by atoms with E-state index >= 15 is 0 Å². The minimum Gasteiger partial charge on any atom is -0.327 e. The van der Waals surface area contributed by atoms with Crippen LogP contribution in [0.4, 0.5) is 13.2 Å². The number of imidazole rings is 1. The second-order valence-electron chi connectivity index (χ2n) is 4.84. The third-order valence-electron chi connectivity index (χ3n) is 3.20. The SMILES string of the molecule is N#Cc1nc(-c2cnn(-c3c(Cl)cc(C(F)(F)F)cc3Cl)n2)[nH]c1C#N. The molecule has 7 nitrogen and oxygen atoms in total. The van der Waals surface area contributed by atoms with E-state index in [0.717, 1.165) is 4.80 Å². The maximum absolute atomic E-state index is 12.8. The molecule has 0 saturated heterocycles. The average molecular weight is 398 g/mol. The van der Waals surface area contributed by atoms with Crippen molar-refractivity contribution in [3.63, 3.8) is 0 Å². The lowest BCUT2D eigenvalue weighted by Gasteiger charge is -2.11. The first-order chi connectivity index (χ1) is 12.2. The van der Waals surface area contributed by atoms with Gasteiger partial charge in [0.2, 0.25) is 0 Å². The minimum absolute atomic E-state index is 0.0531. The molecule has 26 heavy (non-hydrogen) atoms. The van der Waals surface area contributed by atoms with Crippen LogP contribution in [0.2, 0.25) is 10.0 Å². The van der Waals surface area contributed by atoms with E-state index < -0.39 is 11.7 Å². The van der Waals surface area contributed by atoms with Crippen LogP contribution in [-0.4, -0.2) is 25.0 Å². The average Bonchev–Trinajstić information content (AvgIpc) is 3.19. The summed E-state index contributed by atoms with van der Waals surface area (Å²) in [6.45, 7) is 0. The highest BCUT2D eigenvalue weighted by molar-refractivity contribution is 6.37. The molecule has 0 atom stereocenters. The Morgan fingerprint density at radius 1 is 1.12 bits per heavy atom. The van der Waals surface area contributed by atoms with Gasteiger partial charge in [0.05, 0.1) is 21.8 Å². The maximum atomic E-state index is 12.8. The normalized spacial score (nSPS) is 11.2. The van der Waals surface area contributed by atoms with Crippen molar-refractivity contribution in [3.05, 3.63) is 45.3 Å². The number of hydrogen-bond acceptors (Lipinski definition) is 5. The van der Waals surface area contributed by atoms with Crippen LogP contribution in [0.15, 0.2) is 18.3 Å². The zero-order valence-corrected chi connectivity index (χ0v) is 13.8. The molecule has 1 aromatic carbocycles. The summed E-state index contributed by atoms with van der Waals surface area (Å²) in [6.07, 6.45) is -3.38. The fraction of sp³-hybridized carbons (Fsp3) is 0.0714. The van der Waals surface area contributed by atoms with E-state index in [4.69, 9.17) is 33.7 Å². The Balaban J connectivity index is 2.05. The summed E-state index contributed by atoms with van der Waals surface area (Å²) in [5.41, 5.74) is -1.10.